The molecule has 124 valence electrons. The van der Waals surface area contributed by atoms with E-state index < -0.39 is 12.5 Å². The van der Waals surface area contributed by atoms with Crippen molar-refractivity contribution in [2.45, 2.75) is 59.0 Å². The van der Waals surface area contributed by atoms with E-state index in [2.05, 4.69) is 19.1 Å². The highest BCUT2D eigenvalue weighted by atomic mass is 19.1. The minimum absolute atomic E-state index is 0.219. The Morgan fingerprint density at radius 1 is 0.826 bits per heavy atom. The van der Waals surface area contributed by atoms with Gasteiger partial charge in [-0.15, -0.1) is 0 Å². The van der Waals surface area contributed by atoms with Crippen LogP contribution in [-0.4, -0.2) is 0 Å². The molecule has 0 saturated heterocycles. The van der Waals surface area contributed by atoms with E-state index in [1.165, 1.54) is 24.8 Å². The summed E-state index contributed by atoms with van der Waals surface area (Å²) in [4.78, 5) is 0. The molecular weight excluding hydrogens is 290 g/mol. The molecule has 2 aromatic rings. The Labute approximate surface area is 138 Å². The van der Waals surface area contributed by atoms with Crippen LogP contribution in [-0.2, 0) is 19.5 Å². The van der Waals surface area contributed by atoms with E-state index in [9.17, 15) is 8.78 Å². The van der Waals surface area contributed by atoms with Crippen molar-refractivity contribution in [2.24, 2.45) is 0 Å². The predicted octanol–water partition coefficient (Wildman–Crippen LogP) is 6.65. The van der Waals surface area contributed by atoms with Gasteiger partial charge in [0.2, 0.25) is 0 Å². The molecule has 0 radical (unpaired) electrons. The number of hydrogen-bond acceptors (Lipinski definition) is 0. The van der Waals surface area contributed by atoms with E-state index in [0.717, 1.165) is 24.0 Å². The van der Waals surface area contributed by atoms with Crippen LogP contribution in [0.1, 0.15) is 56.2 Å². The summed E-state index contributed by atoms with van der Waals surface area (Å²) in [7, 11) is 0. The van der Waals surface area contributed by atoms with Crippen LogP contribution in [0.3, 0.4) is 0 Å². The molecule has 0 bridgehead atoms. The summed E-state index contributed by atoms with van der Waals surface area (Å²) in [6.07, 6.45) is 6.28. The van der Waals surface area contributed by atoms with Gasteiger partial charge in [0.25, 0.3) is 0 Å². The van der Waals surface area contributed by atoms with E-state index in [1.807, 2.05) is 25.1 Å². The van der Waals surface area contributed by atoms with Crippen LogP contribution in [0.5, 0.6) is 0 Å². The number of hydrogen-bond donors (Lipinski definition) is 0. The Bertz CT molecular complexity index is 614. The maximum atomic E-state index is 14.7. The van der Waals surface area contributed by atoms with E-state index in [4.69, 9.17) is 0 Å². The molecule has 2 rings (SSSR count). The smallest absolute Gasteiger partial charge is 0.137 e. The fraction of sp³-hybridized carbons (Fsp3) is 0.429. The largest absolute Gasteiger partial charge is 0.246 e. The summed E-state index contributed by atoms with van der Waals surface area (Å²) in [5.41, 5.74) is 3.59. The Balaban J connectivity index is 2.24. The first-order valence-electron chi connectivity index (χ1n) is 8.66. The standard InChI is InChI=1S/C21H26F2/c1-3-5-6-8-16-9-11-18(12-10-16)19-14-13-17(7-4-2)20(15-22)21(19)23/h9-14H,3-8,15H2,1-2H3. The number of rotatable bonds is 8. The molecule has 0 aliphatic carbocycles. The van der Waals surface area contributed by atoms with Gasteiger partial charge in [-0.25, -0.2) is 8.78 Å². The second kappa shape index (κ2) is 8.81. The molecule has 23 heavy (non-hydrogen) atoms. The van der Waals surface area contributed by atoms with E-state index in [-0.39, 0.29) is 5.56 Å². The number of unbranched alkanes of at least 4 members (excludes halogenated alkanes) is 2. The van der Waals surface area contributed by atoms with Gasteiger partial charge in [-0.1, -0.05) is 69.5 Å². The second-order valence-electron chi connectivity index (χ2n) is 6.10. The lowest BCUT2D eigenvalue weighted by molar-refractivity contribution is 0.461. The molecule has 0 heterocycles. The molecule has 0 fully saturated rings. The van der Waals surface area contributed by atoms with Crippen LogP contribution in [0.4, 0.5) is 8.78 Å². The van der Waals surface area contributed by atoms with Gasteiger partial charge in [0.05, 0.1) is 0 Å². The van der Waals surface area contributed by atoms with Gasteiger partial charge in [0.1, 0.15) is 12.5 Å². The predicted molar refractivity (Wildman–Crippen MR) is 93.9 cm³/mol. The summed E-state index contributed by atoms with van der Waals surface area (Å²) in [5, 5.41) is 0. The number of benzene rings is 2. The molecule has 0 spiro atoms. The number of alkyl halides is 1. The summed E-state index contributed by atoms with van der Waals surface area (Å²) in [6.45, 7) is 3.46. The highest BCUT2D eigenvalue weighted by Crippen LogP contribution is 2.29. The summed E-state index contributed by atoms with van der Waals surface area (Å²) in [6, 6.07) is 11.7. The Morgan fingerprint density at radius 2 is 1.57 bits per heavy atom. The van der Waals surface area contributed by atoms with Crippen molar-refractivity contribution in [2.75, 3.05) is 0 Å². The minimum atomic E-state index is -0.746. The molecule has 0 nitrogen and oxygen atoms in total. The minimum Gasteiger partial charge on any atom is -0.246 e. The van der Waals surface area contributed by atoms with Crippen molar-refractivity contribution in [3.8, 4) is 11.1 Å². The number of halogens is 2. The molecule has 2 aromatic carbocycles. The molecule has 0 aliphatic heterocycles. The lowest BCUT2D eigenvalue weighted by Crippen LogP contribution is -1.99. The molecule has 0 atom stereocenters. The first kappa shape index (κ1) is 17.7. The van der Waals surface area contributed by atoms with Gasteiger partial charge in [0.15, 0.2) is 0 Å². The Kier molecular flexibility index (Phi) is 6.76. The fourth-order valence-electron chi connectivity index (χ4n) is 2.96. The highest BCUT2D eigenvalue weighted by molar-refractivity contribution is 5.66. The van der Waals surface area contributed by atoms with Crippen molar-refractivity contribution in [1.82, 2.24) is 0 Å². The zero-order chi connectivity index (χ0) is 16.7. The Morgan fingerprint density at radius 3 is 2.17 bits per heavy atom. The second-order valence-corrected chi connectivity index (χ2v) is 6.10. The van der Waals surface area contributed by atoms with Crippen molar-refractivity contribution < 1.29 is 8.78 Å². The van der Waals surface area contributed by atoms with Crippen LogP contribution in [0.25, 0.3) is 11.1 Å². The summed E-state index contributed by atoms with van der Waals surface area (Å²) >= 11 is 0. The van der Waals surface area contributed by atoms with Crippen molar-refractivity contribution in [3.05, 3.63) is 58.9 Å². The van der Waals surface area contributed by atoms with Gasteiger partial charge in [-0.2, -0.15) is 0 Å². The molecule has 0 aliphatic rings. The number of aryl methyl sites for hydroxylation is 2. The van der Waals surface area contributed by atoms with Crippen molar-refractivity contribution >= 4 is 0 Å². The maximum absolute atomic E-state index is 14.7. The molecule has 0 unspecified atom stereocenters. The van der Waals surface area contributed by atoms with Crippen LogP contribution in [0.2, 0.25) is 0 Å². The lowest BCUT2D eigenvalue weighted by Gasteiger charge is -2.12. The highest BCUT2D eigenvalue weighted by Gasteiger charge is 2.14. The van der Waals surface area contributed by atoms with Gasteiger partial charge in [-0.05, 0) is 36.0 Å². The van der Waals surface area contributed by atoms with Crippen LogP contribution in [0, 0.1) is 5.82 Å². The van der Waals surface area contributed by atoms with Gasteiger partial charge < -0.3 is 0 Å². The zero-order valence-corrected chi connectivity index (χ0v) is 14.2. The molecule has 0 amide bonds. The van der Waals surface area contributed by atoms with Crippen LogP contribution < -0.4 is 0 Å². The van der Waals surface area contributed by atoms with Gasteiger partial charge in [0, 0.05) is 11.1 Å². The van der Waals surface area contributed by atoms with Gasteiger partial charge in [-0.3, -0.25) is 0 Å². The summed E-state index contributed by atoms with van der Waals surface area (Å²) in [5.74, 6) is -0.405. The first-order valence-corrected chi connectivity index (χ1v) is 8.66. The van der Waals surface area contributed by atoms with E-state index >= 15 is 0 Å². The average molecular weight is 316 g/mol. The first-order chi connectivity index (χ1) is 11.2. The monoisotopic (exact) mass is 316 g/mol. The third-order valence-electron chi connectivity index (χ3n) is 4.33. The molecule has 0 aromatic heterocycles. The summed E-state index contributed by atoms with van der Waals surface area (Å²) < 4.78 is 27.9. The van der Waals surface area contributed by atoms with Crippen LogP contribution in [0.15, 0.2) is 36.4 Å². The zero-order valence-electron chi connectivity index (χ0n) is 14.2. The fourth-order valence-corrected chi connectivity index (χ4v) is 2.96. The third-order valence-corrected chi connectivity index (χ3v) is 4.33. The van der Waals surface area contributed by atoms with Crippen LogP contribution >= 0.6 is 0 Å². The third kappa shape index (κ3) is 4.40. The SMILES string of the molecule is CCCCCc1ccc(-c2ccc(CCC)c(CF)c2F)cc1. The van der Waals surface area contributed by atoms with E-state index in [1.54, 1.807) is 6.07 Å². The normalized spacial score (nSPS) is 11.0. The quantitative estimate of drug-likeness (QED) is 0.478. The lowest BCUT2D eigenvalue weighted by atomic mass is 9.95. The maximum Gasteiger partial charge on any atom is 0.137 e. The molecule has 2 heteroatoms. The van der Waals surface area contributed by atoms with Gasteiger partial charge >= 0.3 is 0 Å². The molecule has 0 saturated carbocycles. The van der Waals surface area contributed by atoms with Crippen molar-refractivity contribution in [1.29, 1.82) is 0 Å². The Hall–Kier alpha value is -1.70. The topological polar surface area (TPSA) is 0 Å². The molecular formula is C21H26F2. The van der Waals surface area contributed by atoms with E-state index in [0.29, 0.717) is 12.0 Å². The average Bonchev–Trinajstić information content (AvgIpc) is 2.57. The van der Waals surface area contributed by atoms with Crippen molar-refractivity contribution in [3.63, 3.8) is 0 Å². The molecule has 0 N–H and O–H groups in total.